The maximum atomic E-state index is 13.5. The van der Waals surface area contributed by atoms with Crippen LogP contribution in [0.4, 0.5) is 10.5 Å². The van der Waals surface area contributed by atoms with Crippen LogP contribution in [0, 0.1) is 0 Å². The molecule has 1 aromatic heterocycles. The number of nitrogens with zero attached hydrogens (tertiary/aromatic N) is 3. The molecule has 3 aromatic rings. The molecule has 2 aromatic carbocycles. The number of ether oxygens (including phenoxy) is 2. The Morgan fingerprint density at radius 2 is 1.61 bits per heavy atom. The zero-order valence-corrected chi connectivity index (χ0v) is 27.3. The number of halogens is 2. The van der Waals surface area contributed by atoms with Gasteiger partial charge in [-0.15, -0.1) is 0 Å². The minimum absolute atomic E-state index is 0.0259. The summed E-state index contributed by atoms with van der Waals surface area (Å²) >= 11 is 12.4. The van der Waals surface area contributed by atoms with Crippen LogP contribution in [0.2, 0.25) is 10.0 Å². The van der Waals surface area contributed by atoms with Crippen molar-refractivity contribution < 1.29 is 42.2 Å². The number of carbonyl (C=O) groups excluding carboxylic acids is 3. The minimum atomic E-state index is -4.41. The van der Waals surface area contributed by atoms with Crippen molar-refractivity contribution in [2.24, 2.45) is 0 Å². The highest BCUT2D eigenvalue weighted by Gasteiger charge is 2.31. The summed E-state index contributed by atoms with van der Waals surface area (Å²) in [6, 6.07) is 8.90. The van der Waals surface area contributed by atoms with Gasteiger partial charge in [0, 0.05) is 19.1 Å². The molecule has 246 valence electrons. The van der Waals surface area contributed by atoms with Gasteiger partial charge in [0.25, 0.3) is 21.8 Å². The quantitative estimate of drug-likeness (QED) is 0.292. The number of anilines is 1. The number of carboxylic acid groups (broad SMARTS) is 1. The lowest BCUT2D eigenvalue weighted by Gasteiger charge is -2.33. The molecule has 46 heavy (non-hydrogen) atoms. The van der Waals surface area contributed by atoms with E-state index < -0.39 is 57.8 Å². The number of aromatic nitrogens is 2. The second-order valence-electron chi connectivity index (χ2n) is 11.2. The summed E-state index contributed by atoms with van der Waals surface area (Å²) in [4.78, 5) is 51.1. The van der Waals surface area contributed by atoms with E-state index in [2.05, 4.69) is 15.7 Å². The summed E-state index contributed by atoms with van der Waals surface area (Å²) in [6.45, 7) is 5.28. The Kier molecular flexibility index (Phi) is 10.5. The first-order valence-electron chi connectivity index (χ1n) is 13.9. The van der Waals surface area contributed by atoms with E-state index in [9.17, 15) is 27.6 Å². The number of hydrogen-bond donors (Lipinski definition) is 3. The molecule has 1 fully saturated rings. The number of nitrogens with one attached hydrogen (secondary N) is 2. The number of aliphatic carboxylic acids is 1. The molecular weight excluding hydrogens is 665 g/mol. The maximum Gasteiger partial charge on any atom is 0.410 e. The Labute approximate surface area is 274 Å². The molecule has 0 unspecified atom stereocenters. The van der Waals surface area contributed by atoms with Crippen LogP contribution in [0.3, 0.4) is 0 Å². The molecule has 0 atom stereocenters. The van der Waals surface area contributed by atoms with Crippen LogP contribution in [0.15, 0.2) is 53.6 Å². The van der Waals surface area contributed by atoms with Crippen LogP contribution in [-0.4, -0.2) is 82.8 Å². The van der Waals surface area contributed by atoms with Crippen LogP contribution >= 0.6 is 23.2 Å². The van der Waals surface area contributed by atoms with Crippen LogP contribution in [0.5, 0.6) is 5.75 Å². The minimum Gasteiger partial charge on any atom is -0.482 e. The average molecular weight is 697 g/mol. The topological polar surface area (TPSA) is 186 Å². The molecule has 1 saturated heterocycles. The van der Waals surface area contributed by atoms with Crippen molar-refractivity contribution in [1.82, 2.24) is 19.4 Å². The number of likely N-dealkylation sites (tertiary alicyclic amines) is 1. The van der Waals surface area contributed by atoms with Gasteiger partial charge in [0.15, 0.2) is 12.3 Å². The van der Waals surface area contributed by atoms with Gasteiger partial charge in [-0.1, -0.05) is 29.3 Å². The first-order valence-corrected chi connectivity index (χ1v) is 16.1. The SMILES string of the molecule is CC(C)(C)OC(=O)N1CCC(NC(=O)c2nn(S(=O)(=O)c3ccc(OCC(=O)O)cc3)cc2NC(=O)c2c(Cl)cccc2Cl)CC1. The van der Waals surface area contributed by atoms with E-state index in [-0.39, 0.29) is 31.9 Å². The Balaban J connectivity index is 1.59. The van der Waals surface area contributed by atoms with E-state index >= 15 is 0 Å². The lowest BCUT2D eigenvalue weighted by atomic mass is 10.1. The van der Waals surface area contributed by atoms with Gasteiger partial charge in [-0.25, -0.2) is 9.59 Å². The molecule has 17 heteroatoms. The van der Waals surface area contributed by atoms with Crippen molar-refractivity contribution >= 4 is 62.8 Å². The number of carbonyl (C=O) groups is 4. The van der Waals surface area contributed by atoms with Crippen LogP contribution in [-0.2, 0) is 19.6 Å². The molecule has 3 N–H and O–H groups in total. The van der Waals surface area contributed by atoms with E-state index in [1.165, 1.54) is 47.4 Å². The van der Waals surface area contributed by atoms with E-state index in [0.29, 0.717) is 30.0 Å². The molecule has 0 spiro atoms. The van der Waals surface area contributed by atoms with Crippen molar-refractivity contribution in [3.05, 3.63) is 70.0 Å². The molecular formula is C29H31Cl2N5O9S. The Hall–Kier alpha value is -4.34. The van der Waals surface area contributed by atoms with Gasteiger partial charge >= 0.3 is 12.1 Å². The third kappa shape index (κ3) is 8.47. The van der Waals surface area contributed by atoms with Gasteiger partial charge in [-0.05, 0) is 70.0 Å². The molecule has 2 heterocycles. The number of benzene rings is 2. The van der Waals surface area contributed by atoms with E-state index in [4.69, 9.17) is 37.8 Å². The highest BCUT2D eigenvalue weighted by Crippen LogP contribution is 2.27. The molecule has 1 aliphatic heterocycles. The maximum absolute atomic E-state index is 13.5. The molecule has 14 nitrogen and oxygen atoms in total. The average Bonchev–Trinajstić information content (AvgIpc) is 3.40. The lowest BCUT2D eigenvalue weighted by Crippen LogP contribution is -2.48. The standard InChI is InChI=1S/C29H31Cl2N5O9S/c1-29(2,3)45-28(41)35-13-11-17(12-14-35)32-27(40)25-22(33-26(39)24-20(30)5-4-6-21(24)31)15-36(34-25)46(42,43)19-9-7-18(8-10-19)44-16-23(37)38/h4-10,15,17H,11-14,16H2,1-3H3,(H,32,40)(H,33,39)(H,37,38). The first kappa shape index (κ1) is 34.5. The van der Waals surface area contributed by atoms with E-state index in [1.54, 1.807) is 20.8 Å². The van der Waals surface area contributed by atoms with Crippen LogP contribution < -0.4 is 15.4 Å². The van der Waals surface area contributed by atoms with Crippen LogP contribution in [0.25, 0.3) is 0 Å². The number of carboxylic acids is 1. The molecule has 0 saturated carbocycles. The number of rotatable bonds is 9. The third-order valence-electron chi connectivity index (χ3n) is 6.56. The largest absolute Gasteiger partial charge is 0.482 e. The Morgan fingerprint density at radius 3 is 2.17 bits per heavy atom. The fraction of sp³-hybridized carbons (Fsp3) is 0.345. The van der Waals surface area contributed by atoms with Gasteiger partial charge in [-0.3, -0.25) is 9.59 Å². The molecule has 3 amide bonds. The summed E-state index contributed by atoms with van der Waals surface area (Å²) in [5, 5.41) is 18.2. The number of piperidine rings is 1. The zero-order valence-electron chi connectivity index (χ0n) is 25.0. The van der Waals surface area contributed by atoms with Gasteiger partial charge in [0.1, 0.15) is 11.4 Å². The summed E-state index contributed by atoms with van der Waals surface area (Å²) in [7, 11) is -4.41. The normalized spacial score (nSPS) is 14.0. The Bertz CT molecular complexity index is 1730. The molecule has 4 rings (SSSR count). The van der Waals surface area contributed by atoms with Crippen molar-refractivity contribution in [3.63, 3.8) is 0 Å². The Morgan fingerprint density at radius 1 is 1.00 bits per heavy atom. The fourth-order valence-corrected chi connectivity index (χ4v) is 6.08. The predicted octanol–water partition coefficient (Wildman–Crippen LogP) is 4.27. The molecule has 0 aliphatic carbocycles. The number of hydrogen-bond acceptors (Lipinski definition) is 9. The second-order valence-corrected chi connectivity index (χ2v) is 13.8. The van der Waals surface area contributed by atoms with Crippen molar-refractivity contribution in [2.45, 2.75) is 50.2 Å². The zero-order chi connectivity index (χ0) is 33.8. The smallest absolute Gasteiger partial charge is 0.410 e. The highest BCUT2D eigenvalue weighted by molar-refractivity contribution is 7.89. The van der Waals surface area contributed by atoms with Crippen molar-refractivity contribution in [2.75, 3.05) is 25.0 Å². The molecule has 0 bridgehead atoms. The summed E-state index contributed by atoms with van der Waals surface area (Å²) < 4.78 is 38.0. The van der Waals surface area contributed by atoms with Crippen molar-refractivity contribution in [3.8, 4) is 5.75 Å². The fourth-order valence-electron chi connectivity index (χ4n) is 4.38. The first-order chi connectivity index (χ1) is 21.5. The van der Waals surface area contributed by atoms with Gasteiger partial charge in [-0.2, -0.15) is 17.6 Å². The van der Waals surface area contributed by atoms with E-state index in [1.807, 2.05) is 0 Å². The summed E-state index contributed by atoms with van der Waals surface area (Å²) in [5.41, 5.74) is -1.41. The molecule has 1 aliphatic rings. The van der Waals surface area contributed by atoms with Crippen LogP contribution in [0.1, 0.15) is 54.5 Å². The monoisotopic (exact) mass is 695 g/mol. The highest BCUT2D eigenvalue weighted by atomic mass is 35.5. The summed E-state index contributed by atoms with van der Waals surface area (Å²) in [5.74, 6) is -2.68. The lowest BCUT2D eigenvalue weighted by molar-refractivity contribution is -0.139. The molecule has 0 radical (unpaired) electrons. The second kappa shape index (κ2) is 14.0. The third-order valence-corrected chi connectivity index (χ3v) is 8.74. The number of amides is 3. The summed E-state index contributed by atoms with van der Waals surface area (Å²) in [6.07, 6.45) is 1.27. The van der Waals surface area contributed by atoms with E-state index in [0.717, 1.165) is 6.20 Å². The predicted molar refractivity (Wildman–Crippen MR) is 167 cm³/mol. The van der Waals surface area contributed by atoms with Crippen molar-refractivity contribution in [1.29, 1.82) is 0 Å². The van der Waals surface area contributed by atoms with Gasteiger partial charge < -0.3 is 30.1 Å². The van der Waals surface area contributed by atoms with Gasteiger partial charge in [0.2, 0.25) is 0 Å². The van der Waals surface area contributed by atoms with Gasteiger partial charge in [0.05, 0.1) is 32.4 Å².